The molecule has 0 atom stereocenters. The highest BCUT2D eigenvalue weighted by molar-refractivity contribution is 8.02. The molecule has 0 heterocycles. The number of ether oxygens (including phenoxy) is 1. The quantitative estimate of drug-likeness (QED) is 0.652. The minimum absolute atomic E-state index is 0.221. The maximum absolute atomic E-state index is 12.3. The van der Waals surface area contributed by atoms with E-state index in [0.29, 0.717) is 0 Å². The molecule has 0 amide bonds. The Morgan fingerprint density at radius 2 is 1.71 bits per heavy atom. The van der Waals surface area contributed by atoms with Gasteiger partial charge in [-0.1, -0.05) is 60.2 Å². The molecule has 0 aromatic heterocycles. The van der Waals surface area contributed by atoms with Crippen LogP contribution in [0.5, 0.6) is 0 Å². The molecule has 2 aromatic rings. The predicted octanol–water partition coefficient (Wildman–Crippen LogP) is 5.47. The average molecular weight is 340 g/mol. The van der Waals surface area contributed by atoms with E-state index in [0.717, 1.165) is 16.2 Å². The number of esters is 1. The van der Waals surface area contributed by atoms with Crippen LogP contribution in [0, 0.1) is 12.3 Å². The molecule has 0 saturated heterocycles. The summed E-state index contributed by atoms with van der Waals surface area (Å²) in [4.78, 5) is 13.3. The van der Waals surface area contributed by atoms with E-state index in [2.05, 4.69) is 49.4 Å². The Morgan fingerprint density at radius 3 is 2.29 bits per heavy atom. The largest absolute Gasteiger partial charge is 0.468 e. The van der Waals surface area contributed by atoms with Crippen molar-refractivity contribution in [3.8, 4) is 0 Å². The number of benzene rings is 2. The second kappa shape index (κ2) is 8.20. The molecule has 0 aliphatic heterocycles. The lowest BCUT2D eigenvalue weighted by Crippen LogP contribution is -2.26. The van der Waals surface area contributed by atoms with Crippen LogP contribution in [0.15, 0.2) is 59.5 Å². The van der Waals surface area contributed by atoms with E-state index in [-0.39, 0.29) is 5.97 Å². The first-order valence-corrected chi connectivity index (χ1v) is 8.96. The van der Waals surface area contributed by atoms with Crippen LogP contribution < -0.4 is 0 Å². The van der Waals surface area contributed by atoms with E-state index < -0.39 is 5.41 Å². The van der Waals surface area contributed by atoms with E-state index in [1.165, 1.54) is 18.2 Å². The molecule has 126 valence electrons. The Bertz CT molecular complexity index is 700. The number of rotatable bonds is 6. The smallest absolute Gasteiger partial charge is 0.316 e. The van der Waals surface area contributed by atoms with Gasteiger partial charge in [-0.25, -0.2) is 0 Å². The van der Waals surface area contributed by atoms with E-state index in [1.807, 2.05) is 32.0 Å². The van der Waals surface area contributed by atoms with Gasteiger partial charge in [-0.05, 0) is 38.0 Å². The molecule has 0 N–H and O–H groups in total. The van der Waals surface area contributed by atoms with E-state index in [1.54, 1.807) is 11.8 Å². The summed E-state index contributed by atoms with van der Waals surface area (Å²) in [7, 11) is 1.44. The number of aryl methyl sites for hydroxylation is 1. The SMILES string of the molecule is COC(=O)C(C)(C)/C(=C/c1ccc(C)cc1)SCc1ccccc1. The van der Waals surface area contributed by atoms with Gasteiger partial charge in [-0.2, -0.15) is 0 Å². The molecular formula is C21H24O2S. The van der Waals surface area contributed by atoms with Crippen molar-refractivity contribution < 1.29 is 9.53 Å². The maximum atomic E-state index is 12.3. The molecule has 0 spiro atoms. The number of carbonyl (C=O) groups is 1. The van der Waals surface area contributed by atoms with Crippen LogP contribution in [0.3, 0.4) is 0 Å². The minimum Gasteiger partial charge on any atom is -0.468 e. The zero-order valence-electron chi connectivity index (χ0n) is 14.7. The third kappa shape index (κ3) is 4.75. The van der Waals surface area contributed by atoms with Crippen LogP contribution >= 0.6 is 11.8 Å². The van der Waals surface area contributed by atoms with E-state index in [9.17, 15) is 4.79 Å². The number of thioether (sulfide) groups is 1. The summed E-state index contributed by atoms with van der Waals surface area (Å²) in [5, 5.41) is 0. The monoisotopic (exact) mass is 340 g/mol. The lowest BCUT2D eigenvalue weighted by atomic mass is 9.91. The molecule has 0 bridgehead atoms. The van der Waals surface area contributed by atoms with Gasteiger partial charge in [0, 0.05) is 10.7 Å². The van der Waals surface area contributed by atoms with Crippen LogP contribution in [0.1, 0.15) is 30.5 Å². The standard InChI is InChI=1S/C21H24O2S/c1-16-10-12-17(13-11-16)14-19(21(2,3)20(22)23-4)24-15-18-8-6-5-7-9-18/h5-14H,15H2,1-4H3/b19-14-. The van der Waals surface area contributed by atoms with Crippen LogP contribution in [0.4, 0.5) is 0 Å². The van der Waals surface area contributed by atoms with Crippen molar-refractivity contribution in [1.82, 2.24) is 0 Å². The summed E-state index contributed by atoms with van der Waals surface area (Å²) >= 11 is 1.68. The fourth-order valence-electron chi connectivity index (χ4n) is 2.31. The first kappa shape index (κ1) is 18.3. The average Bonchev–Trinajstić information content (AvgIpc) is 2.60. The van der Waals surface area contributed by atoms with Gasteiger partial charge in [-0.15, -0.1) is 11.8 Å². The molecular weight excluding hydrogens is 316 g/mol. The summed E-state index contributed by atoms with van der Waals surface area (Å²) in [6, 6.07) is 18.6. The molecule has 0 saturated carbocycles. The fourth-order valence-corrected chi connectivity index (χ4v) is 3.49. The Morgan fingerprint density at radius 1 is 1.08 bits per heavy atom. The Hall–Kier alpha value is -2.00. The number of hydrogen-bond acceptors (Lipinski definition) is 3. The van der Waals surface area contributed by atoms with E-state index in [4.69, 9.17) is 4.74 Å². The third-order valence-electron chi connectivity index (χ3n) is 3.92. The first-order valence-electron chi connectivity index (χ1n) is 7.97. The molecule has 0 aliphatic carbocycles. The topological polar surface area (TPSA) is 26.3 Å². The van der Waals surface area contributed by atoms with Crippen molar-refractivity contribution in [3.05, 3.63) is 76.2 Å². The minimum atomic E-state index is -0.681. The predicted molar refractivity (Wildman–Crippen MR) is 103 cm³/mol. The lowest BCUT2D eigenvalue weighted by molar-refractivity contribution is -0.148. The molecule has 2 aromatic carbocycles. The normalized spacial score (nSPS) is 12.1. The molecule has 3 heteroatoms. The Labute approximate surface area is 148 Å². The Balaban J connectivity index is 2.30. The van der Waals surface area contributed by atoms with Crippen molar-refractivity contribution in [3.63, 3.8) is 0 Å². The molecule has 0 unspecified atom stereocenters. The van der Waals surface area contributed by atoms with Crippen LogP contribution in [-0.4, -0.2) is 13.1 Å². The second-order valence-corrected chi connectivity index (χ2v) is 7.33. The summed E-state index contributed by atoms with van der Waals surface area (Å²) in [6.45, 7) is 5.89. The number of carbonyl (C=O) groups excluding carboxylic acids is 1. The fraction of sp³-hybridized carbons (Fsp3) is 0.286. The van der Waals surface area contributed by atoms with Crippen LogP contribution in [0.2, 0.25) is 0 Å². The van der Waals surface area contributed by atoms with Crippen molar-refractivity contribution in [2.75, 3.05) is 7.11 Å². The zero-order chi connectivity index (χ0) is 17.6. The zero-order valence-corrected chi connectivity index (χ0v) is 15.5. The highest BCUT2D eigenvalue weighted by atomic mass is 32.2. The first-order chi connectivity index (χ1) is 11.4. The van der Waals surface area contributed by atoms with Gasteiger partial charge >= 0.3 is 5.97 Å². The molecule has 0 fully saturated rings. The van der Waals surface area contributed by atoms with Gasteiger partial charge in [0.2, 0.25) is 0 Å². The van der Waals surface area contributed by atoms with Crippen molar-refractivity contribution in [2.45, 2.75) is 26.5 Å². The maximum Gasteiger partial charge on any atom is 0.316 e. The summed E-state index contributed by atoms with van der Waals surface area (Å²) in [5.41, 5.74) is 2.86. The summed E-state index contributed by atoms with van der Waals surface area (Å²) in [6.07, 6.45) is 2.09. The summed E-state index contributed by atoms with van der Waals surface area (Å²) in [5.74, 6) is 0.598. The van der Waals surface area contributed by atoms with Gasteiger partial charge in [0.1, 0.15) is 0 Å². The molecule has 2 rings (SSSR count). The van der Waals surface area contributed by atoms with E-state index >= 15 is 0 Å². The molecule has 2 nitrogen and oxygen atoms in total. The number of hydrogen-bond donors (Lipinski definition) is 0. The van der Waals surface area contributed by atoms with Gasteiger partial charge in [0.05, 0.1) is 12.5 Å². The van der Waals surface area contributed by atoms with Crippen LogP contribution in [-0.2, 0) is 15.3 Å². The highest BCUT2D eigenvalue weighted by Crippen LogP contribution is 2.39. The lowest BCUT2D eigenvalue weighted by Gasteiger charge is -2.25. The van der Waals surface area contributed by atoms with Crippen LogP contribution in [0.25, 0.3) is 6.08 Å². The highest BCUT2D eigenvalue weighted by Gasteiger charge is 2.33. The number of methoxy groups -OCH3 is 1. The van der Waals surface area contributed by atoms with Crippen molar-refractivity contribution in [1.29, 1.82) is 0 Å². The second-order valence-electron chi connectivity index (χ2n) is 6.31. The van der Waals surface area contributed by atoms with Gasteiger partial charge in [0.25, 0.3) is 0 Å². The molecule has 24 heavy (non-hydrogen) atoms. The molecule has 0 radical (unpaired) electrons. The van der Waals surface area contributed by atoms with Gasteiger partial charge in [0.15, 0.2) is 0 Å². The third-order valence-corrected chi connectivity index (χ3v) is 5.34. The molecule has 0 aliphatic rings. The van der Waals surface area contributed by atoms with Crippen molar-refractivity contribution >= 4 is 23.8 Å². The Kier molecular flexibility index (Phi) is 6.27. The van der Waals surface area contributed by atoms with Gasteiger partial charge in [-0.3, -0.25) is 4.79 Å². The van der Waals surface area contributed by atoms with Crippen molar-refractivity contribution in [2.24, 2.45) is 5.41 Å². The summed E-state index contributed by atoms with van der Waals surface area (Å²) < 4.78 is 5.01. The van der Waals surface area contributed by atoms with Gasteiger partial charge < -0.3 is 4.74 Å².